The fourth-order valence-electron chi connectivity index (χ4n) is 3.12. The number of rotatable bonds is 4. The van der Waals surface area contributed by atoms with E-state index in [0.717, 1.165) is 19.5 Å². The van der Waals surface area contributed by atoms with E-state index < -0.39 is 0 Å². The van der Waals surface area contributed by atoms with Gasteiger partial charge >= 0.3 is 0 Å². The van der Waals surface area contributed by atoms with Gasteiger partial charge in [0.25, 0.3) is 0 Å². The van der Waals surface area contributed by atoms with Crippen molar-refractivity contribution in [2.24, 2.45) is 0 Å². The summed E-state index contributed by atoms with van der Waals surface area (Å²) in [6.45, 7) is 13.3. The molecule has 2 heteroatoms. The Bertz CT molecular complexity index is 449. The summed E-state index contributed by atoms with van der Waals surface area (Å²) in [6, 6.07) is 8.74. The number of aliphatic hydroxyl groups is 1. The zero-order chi connectivity index (χ0) is 15.7. The molecule has 0 saturated carbocycles. The van der Waals surface area contributed by atoms with E-state index >= 15 is 0 Å². The number of hydrogen-bond donors (Lipinski definition) is 1. The predicted octanol–water partition coefficient (Wildman–Crippen LogP) is 3.76. The van der Waals surface area contributed by atoms with Crippen LogP contribution in [0.4, 0.5) is 0 Å². The second kappa shape index (κ2) is 6.10. The number of likely N-dealkylation sites (tertiary alicyclic amines) is 1. The van der Waals surface area contributed by atoms with Crippen molar-refractivity contribution in [3.05, 3.63) is 35.4 Å². The third-order valence-electron chi connectivity index (χ3n) is 4.99. The number of benzene rings is 1. The Kier molecular flexibility index (Phi) is 4.79. The van der Waals surface area contributed by atoms with Gasteiger partial charge in [-0.3, -0.25) is 4.90 Å². The van der Waals surface area contributed by atoms with Gasteiger partial charge in [0, 0.05) is 12.0 Å². The minimum atomic E-state index is -0.323. The molecule has 0 aliphatic carbocycles. The lowest BCUT2D eigenvalue weighted by Gasteiger charge is -2.39. The van der Waals surface area contributed by atoms with Crippen LogP contribution in [0.2, 0.25) is 0 Å². The zero-order valence-corrected chi connectivity index (χ0v) is 14.3. The summed E-state index contributed by atoms with van der Waals surface area (Å²) in [6.07, 6.45) is 2.93. The molecule has 2 nitrogen and oxygen atoms in total. The maximum absolute atomic E-state index is 10.7. The zero-order valence-electron chi connectivity index (χ0n) is 14.3. The first kappa shape index (κ1) is 16.5. The molecule has 1 heterocycles. The van der Waals surface area contributed by atoms with Crippen LogP contribution in [0, 0.1) is 0 Å². The van der Waals surface area contributed by atoms with E-state index in [-0.39, 0.29) is 17.1 Å². The average molecular weight is 289 g/mol. The quantitative estimate of drug-likeness (QED) is 0.912. The van der Waals surface area contributed by atoms with E-state index in [1.165, 1.54) is 24.0 Å². The van der Waals surface area contributed by atoms with Crippen molar-refractivity contribution >= 4 is 0 Å². The van der Waals surface area contributed by atoms with Crippen LogP contribution in [0.25, 0.3) is 0 Å². The number of aliphatic hydroxyl groups excluding tert-OH is 1. The first-order valence-electron chi connectivity index (χ1n) is 8.24. The van der Waals surface area contributed by atoms with Crippen molar-refractivity contribution < 1.29 is 5.11 Å². The molecule has 2 rings (SSSR count). The molecule has 1 fully saturated rings. The van der Waals surface area contributed by atoms with E-state index in [2.05, 4.69) is 63.8 Å². The molecule has 0 spiro atoms. The van der Waals surface area contributed by atoms with Gasteiger partial charge < -0.3 is 5.11 Å². The van der Waals surface area contributed by atoms with Gasteiger partial charge in [-0.15, -0.1) is 0 Å². The summed E-state index contributed by atoms with van der Waals surface area (Å²) in [5.41, 5.74) is 2.62. The van der Waals surface area contributed by atoms with E-state index in [1.54, 1.807) is 0 Å². The van der Waals surface area contributed by atoms with E-state index in [9.17, 15) is 5.11 Å². The van der Waals surface area contributed by atoms with Gasteiger partial charge in [0.05, 0.1) is 6.10 Å². The summed E-state index contributed by atoms with van der Waals surface area (Å²) in [5.74, 6) is 0. The Morgan fingerprint density at radius 3 is 2.00 bits per heavy atom. The fraction of sp³-hybridized carbons (Fsp3) is 0.684. The van der Waals surface area contributed by atoms with Crippen molar-refractivity contribution in [1.82, 2.24) is 4.90 Å². The molecule has 1 saturated heterocycles. The molecule has 0 bridgehead atoms. The SMILES string of the molecule is CC(C)(C)c1ccc(CC(O)C(C)(C)N2CCCC2)cc1. The molecule has 1 aliphatic rings. The van der Waals surface area contributed by atoms with E-state index in [4.69, 9.17) is 0 Å². The van der Waals surface area contributed by atoms with E-state index in [1.807, 2.05) is 0 Å². The highest BCUT2D eigenvalue weighted by Crippen LogP contribution is 2.27. The van der Waals surface area contributed by atoms with Crippen LogP contribution >= 0.6 is 0 Å². The first-order chi connectivity index (χ1) is 9.71. The topological polar surface area (TPSA) is 23.5 Å². The highest BCUT2D eigenvalue weighted by atomic mass is 16.3. The standard InChI is InChI=1S/C19H31NO/c1-18(2,3)16-10-8-15(9-11-16)14-17(21)19(4,5)20-12-6-7-13-20/h8-11,17,21H,6-7,12-14H2,1-5H3. The molecule has 1 aromatic rings. The Morgan fingerprint density at radius 2 is 1.52 bits per heavy atom. The van der Waals surface area contributed by atoms with Crippen LogP contribution in [0.15, 0.2) is 24.3 Å². The Morgan fingerprint density at radius 1 is 1.00 bits per heavy atom. The van der Waals surface area contributed by atoms with Gasteiger partial charge in [0.2, 0.25) is 0 Å². The van der Waals surface area contributed by atoms with Gasteiger partial charge in [-0.05, 0) is 56.3 Å². The maximum atomic E-state index is 10.7. The molecule has 1 unspecified atom stereocenters. The molecule has 118 valence electrons. The summed E-state index contributed by atoms with van der Waals surface area (Å²) in [4.78, 5) is 2.43. The van der Waals surface area contributed by atoms with Crippen molar-refractivity contribution in [2.75, 3.05) is 13.1 Å². The van der Waals surface area contributed by atoms with Gasteiger partial charge in [-0.1, -0.05) is 45.0 Å². The van der Waals surface area contributed by atoms with Crippen LogP contribution in [0.5, 0.6) is 0 Å². The molecular weight excluding hydrogens is 258 g/mol. The lowest BCUT2D eigenvalue weighted by molar-refractivity contribution is 0.00337. The lowest BCUT2D eigenvalue weighted by atomic mass is 9.85. The lowest BCUT2D eigenvalue weighted by Crippen LogP contribution is -2.51. The molecule has 1 N–H and O–H groups in total. The second-order valence-corrected chi connectivity index (χ2v) is 8.01. The summed E-state index contributed by atoms with van der Waals surface area (Å²) in [5, 5.41) is 10.7. The molecule has 0 aromatic heterocycles. The molecule has 1 atom stereocenters. The second-order valence-electron chi connectivity index (χ2n) is 8.01. The van der Waals surface area contributed by atoms with Gasteiger partial charge in [0.15, 0.2) is 0 Å². The summed E-state index contributed by atoms with van der Waals surface area (Å²) in [7, 11) is 0. The van der Waals surface area contributed by atoms with Crippen molar-refractivity contribution in [2.45, 2.75) is 70.9 Å². The van der Waals surface area contributed by atoms with Crippen molar-refractivity contribution in [1.29, 1.82) is 0 Å². The van der Waals surface area contributed by atoms with Gasteiger partial charge in [-0.2, -0.15) is 0 Å². The number of nitrogens with zero attached hydrogens (tertiary/aromatic N) is 1. The van der Waals surface area contributed by atoms with E-state index in [0.29, 0.717) is 0 Å². The van der Waals surface area contributed by atoms with Gasteiger partial charge in [-0.25, -0.2) is 0 Å². The summed E-state index contributed by atoms with van der Waals surface area (Å²) < 4.78 is 0. The van der Waals surface area contributed by atoms with Crippen molar-refractivity contribution in [3.8, 4) is 0 Å². The molecule has 0 radical (unpaired) electrons. The molecule has 1 aromatic carbocycles. The number of hydrogen-bond acceptors (Lipinski definition) is 2. The largest absolute Gasteiger partial charge is 0.391 e. The van der Waals surface area contributed by atoms with Crippen LogP contribution in [0.3, 0.4) is 0 Å². The minimum Gasteiger partial charge on any atom is -0.391 e. The van der Waals surface area contributed by atoms with Crippen LogP contribution in [0.1, 0.15) is 58.6 Å². The maximum Gasteiger partial charge on any atom is 0.0758 e. The van der Waals surface area contributed by atoms with Gasteiger partial charge in [0.1, 0.15) is 0 Å². The summed E-state index contributed by atoms with van der Waals surface area (Å²) >= 11 is 0. The van der Waals surface area contributed by atoms with Crippen LogP contribution < -0.4 is 0 Å². The highest BCUT2D eigenvalue weighted by Gasteiger charge is 2.35. The molecule has 1 aliphatic heterocycles. The van der Waals surface area contributed by atoms with Crippen molar-refractivity contribution in [3.63, 3.8) is 0 Å². The molecule has 0 amide bonds. The molecule has 21 heavy (non-hydrogen) atoms. The third-order valence-corrected chi connectivity index (χ3v) is 4.99. The molecular formula is C19H31NO. The third kappa shape index (κ3) is 3.87. The Hall–Kier alpha value is -0.860. The monoisotopic (exact) mass is 289 g/mol. The van der Waals surface area contributed by atoms with Crippen LogP contribution in [-0.2, 0) is 11.8 Å². The highest BCUT2D eigenvalue weighted by molar-refractivity contribution is 5.28. The fourth-order valence-corrected chi connectivity index (χ4v) is 3.12. The first-order valence-corrected chi connectivity index (χ1v) is 8.24. The average Bonchev–Trinajstić information content (AvgIpc) is 2.92. The predicted molar refractivity (Wildman–Crippen MR) is 89.7 cm³/mol. The Balaban J connectivity index is 2.03. The Labute approximate surface area is 130 Å². The normalized spacial score (nSPS) is 19.0. The van der Waals surface area contributed by atoms with Crippen LogP contribution in [-0.4, -0.2) is 34.7 Å². The minimum absolute atomic E-state index is 0.140. The smallest absolute Gasteiger partial charge is 0.0758 e.